The van der Waals surface area contributed by atoms with Crippen LogP contribution >= 0.6 is 15.9 Å². The van der Waals surface area contributed by atoms with E-state index >= 15 is 0 Å². The van der Waals surface area contributed by atoms with Crippen LogP contribution in [0.15, 0.2) is 86.0 Å². The van der Waals surface area contributed by atoms with E-state index in [1.54, 1.807) is 35.9 Å². The first-order chi connectivity index (χ1) is 23.5. The van der Waals surface area contributed by atoms with Gasteiger partial charge in [-0.3, -0.25) is 19.2 Å². The summed E-state index contributed by atoms with van der Waals surface area (Å²) in [7, 11) is 1.68. The van der Waals surface area contributed by atoms with Crippen LogP contribution in [-0.2, 0) is 35.2 Å². The van der Waals surface area contributed by atoms with Crippen LogP contribution in [0.5, 0.6) is 0 Å². The molecule has 1 spiro atoms. The number of nitrogens with zero attached hydrogens (tertiary/aromatic N) is 3. The molecule has 3 saturated heterocycles. The number of rotatable bonds is 15. The molecule has 5 rings (SSSR count). The predicted octanol–water partition coefficient (Wildman–Crippen LogP) is 4.43. The van der Waals surface area contributed by atoms with Gasteiger partial charge in [0, 0.05) is 31.4 Å². The molecule has 9 atom stereocenters. The van der Waals surface area contributed by atoms with Crippen LogP contribution in [0.2, 0.25) is 0 Å². The van der Waals surface area contributed by atoms with E-state index in [0.29, 0.717) is 18.4 Å². The van der Waals surface area contributed by atoms with Gasteiger partial charge in [0.1, 0.15) is 17.7 Å². The van der Waals surface area contributed by atoms with E-state index in [4.69, 9.17) is 9.47 Å². The second-order valence-electron chi connectivity index (χ2n) is 13.3. The smallest absolute Gasteiger partial charge is 0.313 e. The number of fused-ring (bicyclic) bond motifs is 1. The van der Waals surface area contributed by atoms with Gasteiger partial charge in [0.15, 0.2) is 0 Å². The molecule has 0 aliphatic carbocycles. The summed E-state index contributed by atoms with van der Waals surface area (Å²) < 4.78 is 13.0. The normalized spacial score (nSPS) is 27.2. The standard InChI is InChI=1S/C38H46BrN3O7/c1-6-8-19-29(44)40(5)25(4)32(27-17-13-10-14-18-27)48-37(47)30-31-35(45)42(24(3)23-43)34(38(31)21-28(39)33(30)49-38)36(46)41(20-7-2)22-26-15-11-9-12-16-26/h6-7,9-18,24-25,28,30-34,43H,1-2,8,19-23H2,3-5H3/t24-,25+,28?,30+,31-,32-,33+,34+,38-/m1/s1. The van der Waals surface area contributed by atoms with Gasteiger partial charge in [-0.05, 0) is 37.8 Å². The Labute approximate surface area is 296 Å². The van der Waals surface area contributed by atoms with Gasteiger partial charge in [0.2, 0.25) is 17.7 Å². The third kappa shape index (κ3) is 6.85. The van der Waals surface area contributed by atoms with E-state index in [0.717, 1.165) is 5.56 Å². The Morgan fingerprint density at radius 1 is 1.10 bits per heavy atom. The number of hydrogen-bond donors (Lipinski definition) is 1. The van der Waals surface area contributed by atoms with Crippen LogP contribution in [0.4, 0.5) is 0 Å². The van der Waals surface area contributed by atoms with E-state index in [1.165, 1.54) is 4.90 Å². The average molecular weight is 737 g/mol. The van der Waals surface area contributed by atoms with Gasteiger partial charge in [-0.2, -0.15) is 0 Å². The second kappa shape index (κ2) is 15.4. The molecule has 3 aliphatic heterocycles. The van der Waals surface area contributed by atoms with Gasteiger partial charge in [-0.1, -0.05) is 88.7 Å². The number of carbonyl (C=O) groups is 4. The third-order valence-corrected chi connectivity index (χ3v) is 11.1. The topological polar surface area (TPSA) is 117 Å². The molecule has 2 aromatic carbocycles. The molecule has 1 unspecified atom stereocenters. The molecule has 11 heteroatoms. The third-order valence-electron chi connectivity index (χ3n) is 10.2. The van der Waals surface area contributed by atoms with Crippen LogP contribution < -0.4 is 0 Å². The number of alkyl halides is 1. The molecule has 2 bridgehead atoms. The van der Waals surface area contributed by atoms with E-state index in [-0.39, 0.29) is 42.8 Å². The molecular formula is C38H46BrN3O7. The first-order valence-electron chi connectivity index (χ1n) is 16.8. The van der Waals surface area contributed by atoms with Gasteiger partial charge in [0.25, 0.3) is 0 Å². The molecule has 0 saturated carbocycles. The number of carbonyl (C=O) groups excluding carboxylic acids is 4. The van der Waals surface area contributed by atoms with E-state index in [9.17, 15) is 24.3 Å². The summed E-state index contributed by atoms with van der Waals surface area (Å²) >= 11 is 3.72. The van der Waals surface area contributed by atoms with Gasteiger partial charge in [0.05, 0.1) is 36.6 Å². The summed E-state index contributed by atoms with van der Waals surface area (Å²) in [4.78, 5) is 60.9. The van der Waals surface area contributed by atoms with Crippen LogP contribution in [-0.4, -0.2) is 98.4 Å². The maximum atomic E-state index is 14.6. The lowest BCUT2D eigenvalue weighted by Gasteiger charge is -2.38. The SMILES string of the molecule is C=CCCC(=O)N(C)[C@@H](C)[C@@H](OC(=O)[C@@H]1[C@H]2O[C@@]3(CC2Br)[C@H](C(=O)N(CC=C)Cc2ccccc2)N([C@H](C)CO)C(=O)[C@@H]13)c1ccccc1. The van der Waals surface area contributed by atoms with Crippen molar-refractivity contribution in [2.75, 3.05) is 20.2 Å². The summed E-state index contributed by atoms with van der Waals surface area (Å²) in [6.07, 6.45) is 2.84. The van der Waals surface area contributed by atoms with Crippen molar-refractivity contribution >= 4 is 39.6 Å². The van der Waals surface area contributed by atoms with Crippen molar-refractivity contribution in [1.82, 2.24) is 14.7 Å². The van der Waals surface area contributed by atoms with Crippen LogP contribution in [0.1, 0.15) is 50.3 Å². The fourth-order valence-electron chi connectivity index (χ4n) is 7.67. The van der Waals surface area contributed by atoms with Gasteiger partial charge in [-0.25, -0.2) is 0 Å². The molecule has 10 nitrogen and oxygen atoms in total. The van der Waals surface area contributed by atoms with Crippen LogP contribution in [0.25, 0.3) is 0 Å². The Morgan fingerprint density at radius 2 is 1.76 bits per heavy atom. The van der Waals surface area contributed by atoms with Crippen molar-refractivity contribution in [3.63, 3.8) is 0 Å². The molecule has 3 aliphatic rings. The highest BCUT2D eigenvalue weighted by Gasteiger charge is 2.77. The minimum absolute atomic E-state index is 0.118. The molecular weight excluding hydrogens is 690 g/mol. The molecule has 262 valence electrons. The Hall–Kier alpha value is -3.80. The number of benzene rings is 2. The lowest BCUT2D eigenvalue weighted by molar-refractivity contribution is -0.165. The van der Waals surface area contributed by atoms with Gasteiger partial charge >= 0.3 is 5.97 Å². The number of esters is 1. The molecule has 2 aromatic rings. The van der Waals surface area contributed by atoms with Gasteiger partial charge < -0.3 is 29.3 Å². The fraction of sp³-hybridized carbons (Fsp3) is 0.474. The quantitative estimate of drug-likeness (QED) is 0.164. The Balaban J connectivity index is 1.50. The summed E-state index contributed by atoms with van der Waals surface area (Å²) in [5.41, 5.74) is 0.271. The zero-order valence-corrected chi connectivity index (χ0v) is 29.9. The number of likely N-dealkylation sites (N-methyl/N-ethyl adjacent to an activating group) is 1. The van der Waals surface area contributed by atoms with Crippen molar-refractivity contribution in [3.05, 3.63) is 97.1 Å². The molecule has 1 N–H and O–H groups in total. The van der Waals surface area contributed by atoms with Crippen molar-refractivity contribution in [1.29, 1.82) is 0 Å². The van der Waals surface area contributed by atoms with Crippen molar-refractivity contribution < 1.29 is 33.8 Å². The number of ether oxygens (including phenoxy) is 2. The zero-order valence-electron chi connectivity index (χ0n) is 28.3. The highest BCUT2D eigenvalue weighted by atomic mass is 79.9. The minimum Gasteiger partial charge on any atom is -0.455 e. The van der Waals surface area contributed by atoms with Gasteiger partial charge in [-0.15, -0.1) is 13.2 Å². The highest BCUT2D eigenvalue weighted by Crippen LogP contribution is 2.61. The van der Waals surface area contributed by atoms with E-state index in [2.05, 4.69) is 29.1 Å². The number of likely N-dealkylation sites (tertiary alicyclic amines) is 1. The maximum absolute atomic E-state index is 14.6. The highest BCUT2D eigenvalue weighted by molar-refractivity contribution is 9.09. The molecule has 49 heavy (non-hydrogen) atoms. The predicted molar refractivity (Wildman–Crippen MR) is 188 cm³/mol. The van der Waals surface area contributed by atoms with Crippen molar-refractivity contribution in [2.45, 2.75) is 80.4 Å². The number of allylic oxidation sites excluding steroid dienone is 1. The fourth-order valence-corrected chi connectivity index (χ4v) is 8.61. The number of amides is 3. The first kappa shape index (κ1) is 36.5. The Morgan fingerprint density at radius 3 is 2.37 bits per heavy atom. The lowest BCUT2D eigenvalue weighted by Crippen LogP contribution is -2.58. The molecule has 3 heterocycles. The number of hydrogen-bond acceptors (Lipinski definition) is 7. The maximum Gasteiger partial charge on any atom is 0.313 e. The summed E-state index contributed by atoms with van der Waals surface area (Å²) in [6, 6.07) is 16.4. The largest absolute Gasteiger partial charge is 0.455 e. The van der Waals surface area contributed by atoms with Crippen LogP contribution in [0.3, 0.4) is 0 Å². The summed E-state index contributed by atoms with van der Waals surface area (Å²) in [5.74, 6) is -3.57. The molecule has 3 amide bonds. The minimum atomic E-state index is -1.33. The number of aliphatic hydroxyl groups excluding tert-OH is 1. The van der Waals surface area contributed by atoms with Crippen LogP contribution in [0, 0.1) is 11.8 Å². The monoisotopic (exact) mass is 735 g/mol. The Kier molecular flexibility index (Phi) is 11.5. The van der Waals surface area contributed by atoms with Crippen molar-refractivity contribution in [2.24, 2.45) is 11.8 Å². The van der Waals surface area contributed by atoms with Crippen molar-refractivity contribution in [3.8, 4) is 0 Å². The summed E-state index contributed by atoms with van der Waals surface area (Å²) in [5, 5.41) is 10.3. The number of halogens is 1. The van der Waals surface area contributed by atoms with E-state index < -0.39 is 59.6 Å². The summed E-state index contributed by atoms with van der Waals surface area (Å²) in [6.45, 7) is 11.2. The second-order valence-corrected chi connectivity index (χ2v) is 14.5. The zero-order chi connectivity index (χ0) is 35.5. The van der Waals surface area contributed by atoms with E-state index in [1.807, 2.05) is 67.6 Å². The lowest BCUT2D eigenvalue weighted by atomic mass is 9.70. The first-order valence-corrected chi connectivity index (χ1v) is 17.7. The molecule has 0 radical (unpaired) electrons. The molecule has 0 aromatic heterocycles. The number of aliphatic hydroxyl groups is 1. The Bertz CT molecular complexity index is 1540. The average Bonchev–Trinajstić information content (AvgIpc) is 3.71. The molecule has 3 fully saturated rings.